The molecular weight excluding hydrogens is 203 g/mol. The van der Waals surface area contributed by atoms with Crippen LogP contribution in [0.2, 0.25) is 0 Å². The van der Waals surface area contributed by atoms with Crippen LogP contribution in [-0.2, 0) is 0 Å². The van der Waals surface area contributed by atoms with E-state index in [9.17, 15) is 4.39 Å². The maximum Gasteiger partial charge on any atom is 0.146 e. The van der Waals surface area contributed by atoms with Crippen molar-refractivity contribution in [2.45, 2.75) is 25.8 Å². The second kappa shape index (κ2) is 4.06. The van der Waals surface area contributed by atoms with Gasteiger partial charge >= 0.3 is 0 Å². The lowest BCUT2D eigenvalue weighted by Gasteiger charge is -2.37. The number of anilines is 1. The van der Waals surface area contributed by atoms with Crippen molar-refractivity contribution in [3.63, 3.8) is 0 Å². The summed E-state index contributed by atoms with van der Waals surface area (Å²) in [5, 5.41) is 0. The molecule has 1 aromatic carbocycles. The van der Waals surface area contributed by atoms with Crippen LogP contribution < -0.4 is 10.6 Å². The highest BCUT2D eigenvalue weighted by Gasteiger charge is 2.41. The van der Waals surface area contributed by atoms with Gasteiger partial charge in [0.1, 0.15) is 5.82 Å². The van der Waals surface area contributed by atoms with Crippen LogP contribution in [0.15, 0.2) is 24.3 Å². The molecule has 0 radical (unpaired) electrons. The van der Waals surface area contributed by atoms with Crippen LogP contribution in [0, 0.1) is 11.7 Å². The van der Waals surface area contributed by atoms with Gasteiger partial charge in [-0.15, -0.1) is 0 Å². The van der Waals surface area contributed by atoms with Gasteiger partial charge in [0.05, 0.1) is 5.69 Å². The van der Waals surface area contributed by atoms with Gasteiger partial charge in [-0.2, -0.15) is 0 Å². The van der Waals surface area contributed by atoms with E-state index in [1.165, 1.54) is 6.07 Å². The summed E-state index contributed by atoms with van der Waals surface area (Å²) in [6.45, 7) is 5.84. The highest BCUT2D eigenvalue weighted by molar-refractivity contribution is 5.51. The van der Waals surface area contributed by atoms with Crippen LogP contribution in [0.3, 0.4) is 0 Å². The standard InChI is InChI=1S/C13H19FN2/c1-13(2)10(9-15)7-8-16(13)12-6-4-3-5-11(12)14/h3-6,10H,7-9,15H2,1-2H3. The second-order valence-corrected chi connectivity index (χ2v) is 4.98. The van der Waals surface area contributed by atoms with Crippen LogP contribution >= 0.6 is 0 Å². The first-order chi connectivity index (χ1) is 7.57. The molecule has 1 aliphatic heterocycles. The quantitative estimate of drug-likeness (QED) is 0.832. The zero-order valence-corrected chi connectivity index (χ0v) is 9.91. The highest BCUT2D eigenvalue weighted by Crippen LogP contribution is 2.38. The average Bonchev–Trinajstić information content (AvgIpc) is 2.54. The Labute approximate surface area is 96.2 Å². The highest BCUT2D eigenvalue weighted by atomic mass is 19.1. The monoisotopic (exact) mass is 222 g/mol. The first-order valence-corrected chi connectivity index (χ1v) is 5.79. The van der Waals surface area contributed by atoms with E-state index in [0.29, 0.717) is 18.2 Å². The van der Waals surface area contributed by atoms with Gasteiger partial charge in [-0.3, -0.25) is 0 Å². The summed E-state index contributed by atoms with van der Waals surface area (Å²) in [4.78, 5) is 2.14. The Hall–Kier alpha value is -1.09. The van der Waals surface area contributed by atoms with Crippen molar-refractivity contribution in [2.75, 3.05) is 18.0 Å². The molecule has 0 aliphatic carbocycles. The van der Waals surface area contributed by atoms with E-state index in [1.807, 2.05) is 12.1 Å². The maximum absolute atomic E-state index is 13.7. The molecule has 0 aromatic heterocycles. The fourth-order valence-electron chi connectivity index (χ4n) is 2.65. The molecule has 16 heavy (non-hydrogen) atoms. The number of rotatable bonds is 2. The minimum Gasteiger partial charge on any atom is -0.364 e. The van der Waals surface area contributed by atoms with Gasteiger partial charge in [0, 0.05) is 12.1 Å². The van der Waals surface area contributed by atoms with Crippen molar-refractivity contribution in [2.24, 2.45) is 11.7 Å². The molecule has 1 aliphatic rings. The van der Waals surface area contributed by atoms with Crippen LogP contribution in [0.4, 0.5) is 10.1 Å². The zero-order chi connectivity index (χ0) is 11.8. The summed E-state index contributed by atoms with van der Waals surface area (Å²) >= 11 is 0. The third kappa shape index (κ3) is 1.69. The summed E-state index contributed by atoms with van der Waals surface area (Å²) in [6.07, 6.45) is 1.04. The molecule has 2 N–H and O–H groups in total. The van der Waals surface area contributed by atoms with Gasteiger partial charge in [0.2, 0.25) is 0 Å². The Balaban J connectivity index is 2.33. The predicted octanol–water partition coefficient (Wildman–Crippen LogP) is 2.39. The first-order valence-electron chi connectivity index (χ1n) is 5.79. The van der Waals surface area contributed by atoms with Crippen molar-refractivity contribution in [1.82, 2.24) is 0 Å². The molecule has 0 spiro atoms. The Bertz CT molecular complexity index is 376. The van der Waals surface area contributed by atoms with E-state index in [4.69, 9.17) is 5.73 Å². The van der Waals surface area contributed by atoms with Gasteiger partial charge in [-0.25, -0.2) is 4.39 Å². The summed E-state index contributed by atoms with van der Waals surface area (Å²) in [5.74, 6) is 0.292. The number of halogens is 1. The number of para-hydroxylation sites is 1. The van der Waals surface area contributed by atoms with E-state index in [2.05, 4.69) is 18.7 Å². The lowest BCUT2D eigenvalue weighted by Crippen LogP contribution is -2.45. The average molecular weight is 222 g/mol. The lowest BCUT2D eigenvalue weighted by molar-refractivity contribution is 0.371. The minimum atomic E-state index is -0.145. The molecule has 2 nitrogen and oxygen atoms in total. The van der Waals surface area contributed by atoms with Gasteiger partial charge in [-0.1, -0.05) is 12.1 Å². The molecule has 1 atom stereocenters. The van der Waals surface area contributed by atoms with Crippen molar-refractivity contribution < 1.29 is 4.39 Å². The Morgan fingerprint density at radius 3 is 2.69 bits per heavy atom. The maximum atomic E-state index is 13.7. The molecule has 1 heterocycles. The Morgan fingerprint density at radius 1 is 1.44 bits per heavy atom. The molecule has 2 rings (SSSR count). The third-order valence-electron chi connectivity index (χ3n) is 3.82. The van der Waals surface area contributed by atoms with E-state index < -0.39 is 0 Å². The van der Waals surface area contributed by atoms with Gasteiger partial charge in [0.15, 0.2) is 0 Å². The van der Waals surface area contributed by atoms with Crippen LogP contribution in [0.25, 0.3) is 0 Å². The molecule has 0 bridgehead atoms. The summed E-state index contributed by atoms with van der Waals surface area (Å²) in [5.41, 5.74) is 6.41. The third-order valence-corrected chi connectivity index (χ3v) is 3.82. The number of nitrogens with two attached hydrogens (primary N) is 1. The lowest BCUT2D eigenvalue weighted by atomic mass is 9.88. The van der Waals surface area contributed by atoms with Gasteiger partial charge < -0.3 is 10.6 Å². The number of nitrogens with zero attached hydrogens (tertiary/aromatic N) is 1. The smallest absolute Gasteiger partial charge is 0.146 e. The van der Waals surface area contributed by atoms with E-state index in [1.54, 1.807) is 6.07 Å². The molecule has 1 unspecified atom stereocenters. The van der Waals surface area contributed by atoms with Crippen molar-refractivity contribution in [1.29, 1.82) is 0 Å². The predicted molar refractivity (Wildman–Crippen MR) is 65.0 cm³/mol. The zero-order valence-electron chi connectivity index (χ0n) is 9.91. The minimum absolute atomic E-state index is 0.0586. The van der Waals surface area contributed by atoms with E-state index in [-0.39, 0.29) is 11.4 Å². The van der Waals surface area contributed by atoms with Crippen LogP contribution in [0.1, 0.15) is 20.3 Å². The molecule has 0 amide bonds. The number of hydrogen-bond acceptors (Lipinski definition) is 2. The molecule has 3 heteroatoms. The molecule has 1 fully saturated rings. The molecule has 1 aromatic rings. The van der Waals surface area contributed by atoms with Crippen LogP contribution in [-0.4, -0.2) is 18.6 Å². The first kappa shape index (κ1) is 11.4. The normalized spacial score (nSPS) is 23.8. The van der Waals surface area contributed by atoms with Crippen molar-refractivity contribution in [3.05, 3.63) is 30.1 Å². The Morgan fingerprint density at radius 2 is 2.12 bits per heavy atom. The fraction of sp³-hybridized carbons (Fsp3) is 0.538. The fourth-order valence-corrected chi connectivity index (χ4v) is 2.65. The number of benzene rings is 1. The van der Waals surface area contributed by atoms with Crippen molar-refractivity contribution in [3.8, 4) is 0 Å². The van der Waals surface area contributed by atoms with E-state index >= 15 is 0 Å². The molecular formula is C13H19FN2. The SMILES string of the molecule is CC1(C)C(CN)CCN1c1ccccc1F. The van der Waals surface area contributed by atoms with E-state index in [0.717, 1.165) is 13.0 Å². The summed E-state index contributed by atoms with van der Waals surface area (Å²) in [6, 6.07) is 6.96. The second-order valence-electron chi connectivity index (χ2n) is 4.98. The Kier molecular flexibility index (Phi) is 2.89. The van der Waals surface area contributed by atoms with Crippen LogP contribution in [0.5, 0.6) is 0 Å². The van der Waals surface area contributed by atoms with Crippen molar-refractivity contribution >= 4 is 5.69 Å². The van der Waals surface area contributed by atoms with Gasteiger partial charge in [0.25, 0.3) is 0 Å². The molecule has 0 saturated carbocycles. The van der Waals surface area contributed by atoms with Gasteiger partial charge in [-0.05, 0) is 44.9 Å². The summed E-state index contributed by atoms with van der Waals surface area (Å²) in [7, 11) is 0. The molecule has 88 valence electrons. The molecule has 1 saturated heterocycles. The number of hydrogen-bond donors (Lipinski definition) is 1. The topological polar surface area (TPSA) is 29.3 Å². The largest absolute Gasteiger partial charge is 0.364 e. The summed E-state index contributed by atoms with van der Waals surface area (Å²) < 4.78 is 13.7.